The molecule has 1 rings (SSSR count). The summed E-state index contributed by atoms with van der Waals surface area (Å²) in [5.74, 6) is 0. The Morgan fingerprint density at radius 1 is 1.62 bits per heavy atom. The normalized spacial score (nSPS) is 7.50. The summed E-state index contributed by atoms with van der Waals surface area (Å²) < 4.78 is 1.65. The Labute approximate surface area is 63.3 Å². The van der Waals surface area contributed by atoms with E-state index in [1.807, 2.05) is 12.3 Å². The molecule has 0 saturated heterocycles. The van der Waals surface area contributed by atoms with E-state index in [1.165, 1.54) is 6.20 Å². The second-order valence-electron chi connectivity index (χ2n) is 1.19. The van der Waals surface area contributed by atoms with E-state index in [-0.39, 0.29) is 21.1 Å². The first-order chi connectivity index (χ1) is 3.43. The molecule has 0 unspecified atom stereocenters. The second kappa shape index (κ2) is 3.68. The van der Waals surface area contributed by atoms with Crippen LogP contribution in [0, 0.1) is 12.8 Å². The zero-order chi connectivity index (χ0) is 5.11. The number of nitrogens with zero attached hydrogens (tertiary/aromatic N) is 1. The van der Waals surface area contributed by atoms with Crippen LogP contribution in [0.25, 0.3) is 6.20 Å². The molecular weight excluding hydrogens is 270 g/mol. The zero-order valence-electron chi connectivity index (χ0n) is 4.24. The van der Waals surface area contributed by atoms with Gasteiger partial charge in [0, 0.05) is 0 Å². The molecule has 1 heterocycles. The van der Waals surface area contributed by atoms with Gasteiger partial charge in [-0.2, -0.15) is 6.07 Å². The van der Waals surface area contributed by atoms with Gasteiger partial charge in [-0.05, 0) is 0 Å². The average Bonchev–Trinajstić information content (AvgIpc) is 2.14. The molecule has 40 valence electrons. The maximum atomic E-state index is 5.10. The van der Waals surface area contributed by atoms with Gasteiger partial charge in [0.05, 0.1) is 0 Å². The standard InChI is InChI=1S/C6H5N.W/c1-2-7-5-3-4-6-7;/h1-5H;/q-2;+2. The Morgan fingerprint density at radius 3 is 2.62 bits per heavy atom. The summed E-state index contributed by atoms with van der Waals surface area (Å²) in [5.41, 5.74) is 0. The fraction of sp³-hybridized carbons (Fsp3) is 0. The van der Waals surface area contributed by atoms with E-state index in [0.29, 0.717) is 0 Å². The van der Waals surface area contributed by atoms with Crippen molar-refractivity contribution in [2.75, 3.05) is 0 Å². The van der Waals surface area contributed by atoms with E-state index in [4.69, 9.17) is 6.58 Å². The van der Waals surface area contributed by atoms with Gasteiger partial charge in [-0.3, -0.25) is 6.20 Å². The van der Waals surface area contributed by atoms with E-state index in [9.17, 15) is 0 Å². The summed E-state index contributed by atoms with van der Waals surface area (Å²) in [6, 6.07) is 3.66. The van der Waals surface area contributed by atoms with Gasteiger partial charge in [0.1, 0.15) is 0 Å². The first-order valence-corrected chi connectivity index (χ1v) is 2.03. The van der Waals surface area contributed by atoms with Crippen LogP contribution in [0.15, 0.2) is 18.3 Å². The average molecular weight is 275 g/mol. The van der Waals surface area contributed by atoms with Gasteiger partial charge < -0.3 is 11.1 Å². The molecule has 0 aliphatic rings. The minimum absolute atomic E-state index is 0. The molecule has 0 spiro atoms. The largest absolute Gasteiger partial charge is 2.00 e. The van der Waals surface area contributed by atoms with Crippen LogP contribution in [0.1, 0.15) is 0 Å². The number of rotatable bonds is 1. The van der Waals surface area contributed by atoms with Crippen LogP contribution in [0.3, 0.4) is 0 Å². The Kier molecular flexibility index (Phi) is 3.54. The fourth-order valence-corrected chi connectivity index (χ4v) is 0.401. The second-order valence-corrected chi connectivity index (χ2v) is 1.19. The zero-order valence-corrected chi connectivity index (χ0v) is 7.18. The van der Waals surface area contributed by atoms with Crippen molar-refractivity contribution in [1.29, 1.82) is 0 Å². The number of hydrogen-bond donors (Lipinski definition) is 0. The molecule has 0 aliphatic heterocycles. The maximum absolute atomic E-state index is 5.10. The Bertz CT molecular complexity index is 144. The van der Waals surface area contributed by atoms with Crippen LogP contribution < -0.4 is 0 Å². The molecule has 0 aromatic carbocycles. The van der Waals surface area contributed by atoms with E-state index >= 15 is 0 Å². The Hall–Kier alpha value is -0.292. The third-order valence-corrected chi connectivity index (χ3v) is 0.727. The Balaban J connectivity index is 0.000000490. The SMILES string of the molecule is [CH-]=Cn1[c-]ccc1.[W+2]. The van der Waals surface area contributed by atoms with Crippen LogP contribution in [-0.2, 0) is 21.1 Å². The maximum Gasteiger partial charge on any atom is 2.00 e. The van der Waals surface area contributed by atoms with Gasteiger partial charge in [0.2, 0.25) is 0 Å². The van der Waals surface area contributed by atoms with Gasteiger partial charge >= 0.3 is 21.1 Å². The first-order valence-electron chi connectivity index (χ1n) is 2.03. The van der Waals surface area contributed by atoms with Gasteiger partial charge in [0.25, 0.3) is 0 Å². The van der Waals surface area contributed by atoms with Crippen molar-refractivity contribution >= 4 is 6.20 Å². The molecule has 0 aliphatic carbocycles. The molecule has 0 N–H and O–H groups in total. The van der Waals surface area contributed by atoms with E-state index in [2.05, 4.69) is 6.20 Å². The van der Waals surface area contributed by atoms with Gasteiger partial charge in [-0.1, -0.05) is 6.20 Å². The predicted molar refractivity (Wildman–Crippen MR) is 28.3 cm³/mol. The van der Waals surface area contributed by atoms with Crippen molar-refractivity contribution in [2.45, 2.75) is 0 Å². The quantitative estimate of drug-likeness (QED) is 0.678. The molecule has 0 radical (unpaired) electrons. The summed E-state index contributed by atoms with van der Waals surface area (Å²) in [5, 5.41) is 0. The summed E-state index contributed by atoms with van der Waals surface area (Å²) in [6.07, 6.45) is 6.09. The molecule has 0 saturated carbocycles. The number of aromatic nitrogens is 1. The molecule has 1 aromatic rings. The third kappa shape index (κ3) is 1.67. The molecule has 0 fully saturated rings. The molecule has 8 heavy (non-hydrogen) atoms. The third-order valence-electron chi connectivity index (χ3n) is 0.727. The summed E-state index contributed by atoms with van der Waals surface area (Å²) in [7, 11) is 0. The minimum Gasteiger partial charge on any atom is -0.551 e. The first kappa shape index (κ1) is 7.71. The molecule has 2 heteroatoms. The van der Waals surface area contributed by atoms with Crippen LogP contribution in [0.5, 0.6) is 0 Å². The Morgan fingerprint density at radius 2 is 2.38 bits per heavy atom. The van der Waals surface area contributed by atoms with Crippen molar-refractivity contribution in [1.82, 2.24) is 4.57 Å². The van der Waals surface area contributed by atoms with Gasteiger partial charge in [-0.15, -0.1) is 12.3 Å². The smallest absolute Gasteiger partial charge is 0.551 e. The summed E-state index contributed by atoms with van der Waals surface area (Å²) in [6.45, 7) is 5.10. The fourth-order valence-electron chi connectivity index (χ4n) is 0.401. The van der Waals surface area contributed by atoms with Gasteiger partial charge in [0.15, 0.2) is 0 Å². The summed E-state index contributed by atoms with van der Waals surface area (Å²) in [4.78, 5) is 0. The van der Waals surface area contributed by atoms with Crippen LogP contribution in [0.4, 0.5) is 0 Å². The van der Waals surface area contributed by atoms with Crippen molar-refractivity contribution in [3.63, 3.8) is 0 Å². The van der Waals surface area contributed by atoms with Crippen molar-refractivity contribution < 1.29 is 21.1 Å². The molecule has 0 amide bonds. The van der Waals surface area contributed by atoms with E-state index < -0.39 is 0 Å². The molecule has 0 bridgehead atoms. The molecule has 1 aromatic heterocycles. The summed E-state index contributed by atoms with van der Waals surface area (Å²) >= 11 is 0. The van der Waals surface area contributed by atoms with Crippen molar-refractivity contribution in [3.8, 4) is 0 Å². The van der Waals surface area contributed by atoms with Crippen molar-refractivity contribution in [2.24, 2.45) is 0 Å². The predicted octanol–water partition coefficient (Wildman–Crippen LogP) is 1.19. The molecule has 1 nitrogen and oxygen atoms in total. The number of hydrogen-bond acceptors (Lipinski definition) is 0. The van der Waals surface area contributed by atoms with Crippen LogP contribution in [0.2, 0.25) is 0 Å². The van der Waals surface area contributed by atoms with E-state index in [1.54, 1.807) is 10.6 Å². The monoisotopic (exact) mass is 275 g/mol. The van der Waals surface area contributed by atoms with E-state index in [0.717, 1.165) is 0 Å². The van der Waals surface area contributed by atoms with Gasteiger partial charge in [-0.25, -0.2) is 0 Å². The van der Waals surface area contributed by atoms with Crippen LogP contribution >= 0.6 is 0 Å². The topological polar surface area (TPSA) is 4.93 Å². The van der Waals surface area contributed by atoms with Crippen LogP contribution in [-0.4, -0.2) is 4.57 Å². The molecular formula is C6H5NW. The van der Waals surface area contributed by atoms with Crippen molar-refractivity contribution in [3.05, 3.63) is 31.1 Å². The minimum atomic E-state index is 0. The molecule has 0 atom stereocenters.